The maximum Gasteiger partial charge on any atom is 0.157 e. The third-order valence-electron chi connectivity index (χ3n) is 5.56. The number of imidazole rings is 1. The fraction of sp³-hybridized carbons (Fsp3) is 0.409. The summed E-state index contributed by atoms with van der Waals surface area (Å²) in [6.45, 7) is 2.69. The highest BCUT2D eigenvalue weighted by atomic mass is 32.2. The van der Waals surface area contributed by atoms with Crippen LogP contribution < -0.4 is 5.32 Å². The van der Waals surface area contributed by atoms with Gasteiger partial charge in [0.1, 0.15) is 5.65 Å². The Bertz CT molecular complexity index is 1070. The molecule has 0 aliphatic heterocycles. The Morgan fingerprint density at radius 2 is 1.96 bits per heavy atom. The van der Waals surface area contributed by atoms with E-state index in [1.807, 2.05) is 36.5 Å². The van der Waals surface area contributed by atoms with Crippen molar-refractivity contribution in [3.05, 3.63) is 65.6 Å². The average molecular weight is 398 g/mol. The molecule has 3 aromatic rings. The Labute approximate surface area is 166 Å². The Kier molecular flexibility index (Phi) is 5.40. The van der Waals surface area contributed by atoms with Gasteiger partial charge in [-0.05, 0) is 49.1 Å². The molecule has 1 N–H and O–H groups in total. The number of aryl methyl sites for hydroxylation is 1. The first kappa shape index (κ1) is 19.0. The second kappa shape index (κ2) is 7.95. The van der Waals surface area contributed by atoms with Crippen LogP contribution in [0.15, 0.2) is 48.8 Å². The van der Waals surface area contributed by atoms with Crippen molar-refractivity contribution in [1.82, 2.24) is 9.38 Å². The molecule has 0 unspecified atom stereocenters. The molecule has 28 heavy (non-hydrogen) atoms. The molecule has 0 radical (unpaired) electrons. The number of fused-ring (bicyclic) bond motifs is 1. The molecular formula is C22H27N3O2S. The summed E-state index contributed by atoms with van der Waals surface area (Å²) in [6.07, 6.45) is 8.80. The number of sulfone groups is 1. The molecule has 2 aromatic heterocycles. The zero-order valence-corrected chi connectivity index (χ0v) is 17.1. The Balaban J connectivity index is 1.45. The lowest BCUT2D eigenvalue weighted by Crippen LogP contribution is -2.25. The highest BCUT2D eigenvalue weighted by molar-refractivity contribution is 7.91. The molecule has 6 heteroatoms. The molecule has 2 heterocycles. The highest BCUT2D eigenvalue weighted by Crippen LogP contribution is 2.26. The van der Waals surface area contributed by atoms with Crippen LogP contribution in [0.5, 0.6) is 0 Å². The Morgan fingerprint density at radius 3 is 2.79 bits per heavy atom. The van der Waals surface area contributed by atoms with Crippen LogP contribution in [0.2, 0.25) is 0 Å². The number of nitrogens with one attached hydrogen (secondary N) is 1. The minimum atomic E-state index is -3.09. The molecule has 1 aliphatic carbocycles. The number of hydrogen-bond acceptors (Lipinski definition) is 4. The normalized spacial score (nSPS) is 15.8. The number of rotatable bonds is 6. The van der Waals surface area contributed by atoms with Gasteiger partial charge in [-0.25, -0.2) is 13.4 Å². The zero-order chi connectivity index (χ0) is 19.6. The van der Waals surface area contributed by atoms with Crippen molar-refractivity contribution in [2.24, 2.45) is 0 Å². The Morgan fingerprint density at radius 1 is 1.14 bits per heavy atom. The molecule has 0 saturated heterocycles. The smallest absolute Gasteiger partial charge is 0.157 e. The van der Waals surface area contributed by atoms with Gasteiger partial charge < -0.3 is 9.72 Å². The van der Waals surface area contributed by atoms with Crippen molar-refractivity contribution in [1.29, 1.82) is 0 Å². The summed E-state index contributed by atoms with van der Waals surface area (Å²) in [4.78, 5) is 4.43. The van der Waals surface area contributed by atoms with Gasteiger partial charge in [0, 0.05) is 11.9 Å². The molecule has 0 bridgehead atoms. The Hall–Kier alpha value is -2.34. The van der Waals surface area contributed by atoms with E-state index in [9.17, 15) is 8.42 Å². The van der Waals surface area contributed by atoms with Gasteiger partial charge in [-0.1, -0.05) is 37.5 Å². The van der Waals surface area contributed by atoms with Crippen LogP contribution in [0.4, 0.5) is 5.69 Å². The summed E-state index contributed by atoms with van der Waals surface area (Å²) >= 11 is 0. The minimum absolute atomic E-state index is 0.127. The summed E-state index contributed by atoms with van der Waals surface area (Å²) < 4.78 is 27.6. The predicted octanol–water partition coefficient (Wildman–Crippen LogP) is 4.50. The van der Waals surface area contributed by atoms with E-state index in [-0.39, 0.29) is 11.0 Å². The van der Waals surface area contributed by atoms with Gasteiger partial charge in [0.15, 0.2) is 9.84 Å². The van der Waals surface area contributed by atoms with Crippen LogP contribution >= 0.6 is 0 Å². The molecular weight excluding hydrogens is 370 g/mol. The first-order valence-electron chi connectivity index (χ1n) is 9.98. The van der Waals surface area contributed by atoms with Gasteiger partial charge >= 0.3 is 0 Å². The molecule has 5 nitrogen and oxygen atoms in total. The van der Waals surface area contributed by atoms with Crippen LogP contribution in [0.25, 0.3) is 5.65 Å². The fourth-order valence-corrected chi connectivity index (χ4v) is 5.94. The van der Waals surface area contributed by atoms with Crippen LogP contribution in [0.3, 0.4) is 0 Å². The van der Waals surface area contributed by atoms with E-state index in [1.54, 1.807) is 0 Å². The molecule has 1 aromatic carbocycles. The molecule has 4 rings (SSSR count). The zero-order valence-electron chi connectivity index (χ0n) is 16.3. The van der Waals surface area contributed by atoms with Gasteiger partial charge in [-0.15, -0.1) is 0 Å². The maximum atomic E-state index is 12.8. The molecule has 1 aliphatic rings. The second-order valence-corrected chi connectivity index (χ2v) is 10.1. The van der Waals surface area contributed by atoms with E-state index in [1.165, 1.54) is 5.56 Å². The van der Waals surface area contributed by atoms with Crippen molar-refractivity contribution in [2.75, 3.05) is 5.32 Å². The van der Waals surface area contributed by atoms with Crippen molar-refractivity contribution in [2.45, 2.75) is 56.6 Å². The third-order valence-corrected chi connectivity index (χ3v) is 7.78. The largest absolute Gasteiger partial charge is 0.379 e. The standard InChI is InChI=1S/C22H27N3O2S/c1-17-10-11-22-24-14-20(25(22)15-17)13-23-19-7-5-6-18(12-19)16-28(26,27)21-8-3-2-4-9-21/h5-7,10-12,14-15,21,23H,2-4,8-9,13,16H2,1H3. The molecule has 1 fully saturated rings. The van der Waals surface area contributed by atoms with Crippen LogP contribution in [-0.4, -0.2) is 23.1 Å². The van der Waals surface area contributed by atoms with E-state index >= 15 is 0 Å². The molecule has 1 saturated carbocycles. The van der Waals surface area contributed by atoms with Crippen LogP contribution in [0, 0.1) is 6.92 Å². The van der Waals surface area contributed by atoms with E-state index < -0.39 is 9.84 Å². The highest BCUT2D eigenvalue weighted by Gasteiger charge is 2.27. The summed E-state index contributed by atoms with van der Waals surface area (Å²) in [6, 6.07) is 11.8. The molecule has 0 atom stereocenters. The molecule has 0 spiro atoms. The number of anilines is 1. The number of pyridine rings is 1. The number of nitrogens with zero attached hydrogens (tertiary/aromatic N) is 2. The first-order valence-corrected chi connectivity index (χ1v) is 11.7. The monoisotopic (exact) mass is 397 g/mol. The van der Waals surface area contributed by atoms with E-state index in [2.05, 4.69) is 33.9 Å². The average Bonchev–Trinajstić information content (AvgIpc) is 3.09. The maximum absolute atomic E-state index is 12.8. The third kappa shape index (κ3) is 4.22. The molecule has 148 valence electrons. The molecule has 0 amide bonds. The van der Waals surface area contributed by atoms with Crippen molar-refractivity contribution in [3.63, 3.8) is 0 Å². The van der Waals surface area contributed by atoms with E-state index in [0.29, 0.717) is 6.54 Å². The minimum Gasteiger partial charge on any atom is -0.379 e. The number of aromatic nitrogens is 2. The number of hydrogen-bond donors (Lipinski definition) is 1. The topological polar surface area (TPSA) is 63.5 Å². The van der Waals surface area contributed by atoms with Crippen LogP contribution in [0.1, 0.15) is 48.9 Å². The lowest BCUT2D eigenvalue weighted by molar-refractivity contribution is 0.483. The summed E-state index contributed by atoms with van der Waals surface area (Å²) in [7, 11) is -3.09. The summed E-state index contributed by atoms with van der Waals surface area (Å²) in [5.41, 5.74) is 4.96. The quantitative estimate of drug-likeness (QED) is 0.665. The lowest BCUT2D eigenvalue weighted by Gasteiger charge is -2.21. The van der Waals surface area contributed by atoms with Crippen molar-refractivity contribution >= 4 is 21.2 Å². The van der Waals surface area contributed by atoms with Gasteiger partial charge in [0.25, 0.3) is 0 Å². The number of benzene rings is 1. The summed E-state index contributed by atoms with van der Waals surface area (Å²) in [5, 5.41) is 3.24. The summed E-state index contributed by atoms with van der Waals surface area (Å²) in [5.74, 6) is 0.127. The van der Waals surface area contributed by atoms with Crippen molar-refractivity contribution in [3.8, 4) is 0 Å². The fourth-order valence-electron chi connectivity index (χ4n) is 4.01. The van der Waals surface area contributed by atoms with Crippen LogP contribution in [-0.2, 0) is 22.1 Å². The SMILES string of the molecule is Cc1ccc2ncc(CNc3cccc(CS(=O)(=O)C4CCCCC4)c3)n2c1. The van der Waals surface area contributed by atoms with Gasteiger partial charge in [0.05, 0.1) is 29.4 Å². The predicted molar refractivity (Wildman–Crippen MR) is 113 cm³/mol. The van der Waals surface area contributed by atoms with Crippen molar-refractivity contribution < 1.29 is 8.42 Å². The van der Waals surface area contributed by atoms with E-state index in [4.69, 9.17) is 0 Å². The second-order valence-electron chi connectivity index (χ2n) is 7.81. The van der Waals surface area contributed by atoms with Gasteiger partial charge in [-0.2, -0.15) is 0 Å². The van der Waals surface area contributed by atoms with Gasteiger partial charge in [-0.3, -0.25) is 0 Å². The lowest BCUT2D eigenvalue weighted by atomic mass is 10.0. The first-order chi connectivity index (χ1) is 13.5. The van der Waals surface area contributed by atoms with Gasteiger partial charge in [0.2, 0.25) is 0 Å². The van der Waals surface area contributed by atoms with E-state index in [0.717, 1.165) is 54.7 Å².